The first-order valence-corrected chi connectivity index (χ1v) is 9.74. The molecule has 1 aromatic heterocycles. The number of benzene rings is 2. The molecule has 0 aliphatic rings. The van der Waals surface area contributed by atoms with Crippen molar-refractivity contribution in [3.8, 4) is 11.6 Å². The third kappa shape index (κ3) is 4.48. The van der Waals surface area contributed by atoms with Crippen molar-refractivity contribution in [1.82, 2.24) is 5.27 Å². The van der Waals surface area contributed by atoms with Crippen molar-refractivity contribution in [3.63, 3.8) is 0 Å². The van der Waals surface area contributed by atoms with Crippen LogP contribution in [0.4, 0.5) is 10.1 Å². The summed E-state index contributed by atoms with van der Waals surface area (Å²) in [4.78, 5) is 12.6. The van der Waals surface area contributed by atoms with E-state index in [0.717, 1.165) is 11.8 Å². The van der Waals surface area contributed by atoms with Crippen LogP contribution < -0.4 is 15.1 Å². The molecule has 0 aliphatic heterocycles. The van der Waals surface area contributed by atoms with Gasteiger partial charge in [0.1, 0.15) is 5.82 Å². The molecule has 27 heavy (non-hydrogen) atoms. The number of halogens is 2. The lowest BCUT2D eigenvalue weighted by atomic mass is 10.2. The van der Waals surface area contributed by atoms with Crippen molar-refractivity contribution in [2.24, 2.45) is 0 Å². The topological polar surface area (TPSA) is 82.1 Å². The van der Waals surface area contributed by atoms with Gasteiger partial charge in [0.25, 0.3) is 5.03 Å². The Morgan fingerprint density at radius 2 is 2.11 bits per heavy atom. The van der Waals surface area contributed by atoms with Gasteiger partial charge in [-0.15, -0.1) is 0 Å². The molecule has 6 nitrogen and oxygen atoms in total. The van der Waals surface area contributed by atoms with Gasteiger partial charge in [0.05, 0.1) is 16.2 Å². The summed E-state index contributed by atoms with van der Waals surface area (Å²) >= 11 is 4.20. The normalized spacial score (nSPS) is 12.0. The molecule has 2 aromatic carbocycles. The number of para-hydroxylation sites is 1. The molecule has 0 fully saturated rings. The van der Waals surface area contributed by atoms with Crippen molar-refractivity contribution < 1.29 is 23.5 Å². The second-order valence-corrected chi connectivity index (χ2v) is 7.65. The van der Waals surface area contributed by atoms with Crippen molar-refractivity contribution in [3.05, 3.63) is 58.8 Å². The molecule has 0 saturated heterocycles. The zero-order valence-electron chi connectivity index (χ0n) is 14.2. The molecule has 0 saturated carbocycles. The lowest BCUT2D eigenvalue weighted by Gasteiger charge is -2.13. The van der Waals surface area contributed by atoms with Gasteiger partial charge in [0, 0.05) is 16.6 Å². The number of thioether (sulfide) groups is 1. The molecule has 3 aromatic rings. The quantitative estimate of drug-likeness (QED) is 0.458. The molecule has 1 N–H and O–H groups in total. The van der Waals surface area contributed by atoms with Crippen LogP contribution in [0.2, 0.25) is 0 Å². The first-order chi connectivity index (χ1) is 13.0. The summed E-state index contributed by atoms with van der Waals surface area (Å²) in [6, 6.07) is 13.3. The molecular formula is C18H15BrFN3O3S. The van der Waals surface area contributed by atoms with Crippen LogP contribution >= 0.6 is 27.7 Å². The number of hydrogen-bond acceptors (Lipinski definition) is 5. The highest BCUT2D eigenvalue weighted by atomic mass is 79.9. The van der Waals surface area contributed by atoms with Crippen LogP contribution in [-0.2, 0) is 4.79 Å². The number of hydrogen-bond donors (Lipinski definition) is 1. The first-order valence-electron chi connectivity index (χ1n) is 8.06. The number of carbonyl (C=O) groups is 1. The standard InChI is InChI=1S/C18H15BrFN3O3S/c1-2-15(16(24)21-14-9-8-11(19)10-13(14)20)27-17-18(25)26-22-23(17)12-6-4-3-5-7-12/h3-10,15H,2H2,1H3,(H-,21,22,24,25). The summed E-state index contributed by atoms with van der Waals surface area (Å²) in [6.07, 6.45) is 0.425. The molecule has 0 aliphatic carbocycles. The average molecular weight is 452 g/mol. The van der Waals surface area contributed by atoms with E-state index < -0.39 is 22.9 Å². The largest absolute Gasteiger partial charge is 0.538 e. The highest BCUT2D eigenvalue weighted by Crippen LogP contribution is 2.30. The fourth-order valence-electron chi connectivity index (χ4n) is 2.33. The maximum Gasteiger partial charge on any atom is 0.298 e. The number of anilines is 1. The third-order valence-electron chi connectivity index (χ3n) is 3.68. The summed E-state index contributed by atoms with van der Waals surface area (Å²) in [7, 11) is 0. The highest BCUT2D eigenvalue weighted by Gasteiger charge is 2.28. The smallest absolute Gasteiger partial charge is 0.298 e. The average Bonchev–Trinajstić information content (AvgIpc) is 3.03. The van der Waals surface area contributed by atoms with Gasteiger partial charge in [0.2, 0.25) is 11.6 Å². The van der Waals surface area contributed by atoms with Gasteiger partial charge in [-0.25, -0.2) is 4.39 Å². The zero-order chi connectivity index (χ0) is 19.4. The predicted molar refractivity (Wildman–Crippen MR) is 100 cm³/mol. The van der Waals surface area contributed by atoms with Gasteiger partial charge in [-0.3, -0.25) is 4.79 Å². The van der Waals surface area contributed by atoms with Gasteiger partial charge in [-0.05, 0) is 41.1 Å². The van der Waals surface area contributed by atoms with Crippen LogP contribution in [0, 0.1) is 5.82 Å². The van der Waals surface area contributed by atoms with Crippen LogP contribution in [0.15, 0.2) is 62.6 Å². The maximum atomic E-state index is 14.0. The van der Waals surface area contributed by atoms with Crippen LogP contribution in [0.1, 0.15) is 13.3 Å². The van der Waals surface area contributed by atoms with Gasteiger partial charge < -0.3 is 14.9 Å². The summed E-state index contributed by atoms with van der Waals surface area (Å²) in [5, 5.41) is 17.9. The lowest BCUT2D eigenvalue weighted by Crippen LogP contribution is -2.36. The van der Waals surface area contributed by atoms with Crippen molar-refractivity contribution in [2.45, 2.75) is 23.6 Å². The Kier molecular flexibility index (Phi) is 6.12. The molecule has 1 unspecified atom stereocenters. The number of nitrogens with zero attached hydrogens (tertiary/aromatic N) is 2. The molecule has 140 valence electrons. The molecule has 9 heteroatoms. The number of amides is 1. The Morgan fingerprint density at radius 1 is 1.37 bits per heavy atom. The Morgan fingerprint density at radius 3 is 2.78 bits per heavy atom. The molecule has 0 radical (unpaired) electrons. The summed E-state index contributed by atoms with van der Waals surface area (Å²) < 4.78 is 20.7. The lowest BCUT2D eigenvalue weighted by molar-refractivity contribution is -0.705. The van der Waals surface area contributed by atoms with E-state index in [1.54, 1.807) is 37.3 Å². The Hall–Kier alpha value is -2.39. The fourth-order valence-corrected chi connectivity index (χ4v) is 3.64. The number of nitrogens with one attached hydrogen (secondary N) is 1. The van der Waals surface area contributed by atoms with E-state index >= 15 is 0 Å². The van der Waals surface area contributed by atoms with E-state index in [0.29, 0.717) is 16.6 Å². The van der Waals surface area contributed by atoms with E-state index in [4.69, 9.17) is 4.52 Å². The molecule has 1 amide bonds. The number of carbonyl (C=O) groups excluding carboxylic acids is 1. The summed E-state index contributed by atoms with van der Waals surface area (Å²) in [5.74, 6) is -1.60. The van der Waals surface area contributed by atoms with Crippen LogP contribution in [0.25, 0.3) is 5.69 Å². The van der Waals surface area contributed by atoms with Gasteiger partial charge in [-0.2, -0.15) is 0 Å². The molecular weight excluding hydrogens is 437 g/mol. The predicted octanol–water partition coefficient (Wildman–Crippen LogP) is 3.44. The Labute approximate surface area is 167 Å². The maximum absolute atomic E-state index is 14.0. The zero-order valence-corrected chi connectivity index (χ0v) is 16.6. The SMILES string of the molecule is CCC(Sc1c([O-])on[n+]1-c1ccccc1)C(=O)Nc1ccc(Br)cc1F. The molecule has 3 rings (SSSR count). The van der Waals surface area contributed by atoms with Gasteiger partial charge in [0.15, 0.2) is 5.95 Å². The second-order valence-electron chi connectivity index (χ2n) is 5.54. The number of aromatic nitrogens is 2. The summed E-state index contributed by atoms with van der Waals surface area (Å²) in [6.45, 7) is 1.81. The molecule has 1 heterocycles. The van der Waals surface area contributed by atoms with Crippen LogP contribution in [-0.4, -0.2) is 16.4 Å². The van der Waals surface area contributed by atoms with Gasteiger partial charge in [-0.1, -0.05) is 41.1 Å². The van der Waals surface area contributed by atoms with E-state index in [1.807, 2.05) is 6.07 Å². The van der Waals surface area contributed by atoms with Gasteiger partial charge >= 0.3 is 0 Å². The minimum atomic E-state index is -0.634. The second kappa shape index (κ2) is 8.53. The van der Waals surface area contributed by atoms with E-state index in [2.05, 4.69) is 26.5 Å². The Bertz CT molecular complexity index is 952. The minimum Gasteiger partial charge on any atom is -0.538 e. The third-order valence-corrected chi connectivity index (χ3v) is 5.57. The van der Waals surface area contributed by atoms with Crippen molar-refractivity contribution in [2.75, 3.05) is 5.32 Å². The van der Waals surface area contributed by atoms with E-state index in [1.165, 1.54) is 16.8 Å². The summed E-state index contributed by atoms with van der Waals surface area (Å²) in [5.41, 5.74) is 0.714. The van der Waals surface area contributed by atoms with E-state index in [9.17, 15) is 14.3 Å². The highest BCUT2D eigenvalue weighted by molar-refractivity contribution is 9.10. The molecule has 0 spiro atoms. The molecule has 0 bridgehead atoms. The Balaban J connectivity index is 1.81. The fraction of sp³-hybridized carbons (Fsp3) is 0.167. The van der Waals surface area contributed by atoms with Crippen molar-refractivity contribution in [1.29, 1.82) is 0 Å². The van der Waals surface area contributed by atoms with Crippen molar-refractivity contribution >= 4 is 39.3 Å². The van der Waals surface area contributed by atoms with E-state index in [-0.39, 0.29) is 10.7 Å². The minimum absolute atomic E-state index is 0.0749. The number of rotatable bonds is 6. The van der Waals surface area contributed by atoms with Crippen LogP contribution in [0.5, 0.6) is 5.95 Å². The van der Waals surface area contributed by atoms with Crippen LogP contribution in [0.3, 0.4) is 0 Å². The first kappa shape index (κ1) is 19.4. The molecule has 1 atom stereocenters. The monoisotopic (exact) mass is 451 g/mol.